The van der Waals surface area contributed by atoms with Gasteiger partial charge < -0.3 is 16.8 Å². The van der Waals surface area contributed by atoms with Crippen molar-refractivity contribution < 1.29 is 4.79 Å². The van der Waals surface area contributed by atoms with Crippen LogP contribution >= 0.6 is 0 Å². The van der Waals surface area contributed by atoms with Crippen LogP contribution in [-0.2, 0) is 6.54 Å². The third-order valence-electron chi connectivity index (χ3n) is 2.38. The highest BCUT2D eigenvalue weighted by Crippen LogP contribution is 2.20. The van der Waals surface area contributed by atoms with Crippen LogP contribution in [0.1, 0.15) is 15.9 Å². The number of rotatable bonds is 4. The van der Waals surface area contributed by atoms with Gasteiger partial charge in [-0.05, 0) is 18.2 Å². The number of nitrogens with two attached hydrogens (primary N) is 2. The second kappa shape index (κ2) is 4.56. The number of hydrogen-bond acceptors (Lipinski definition) is 4. The summed E-state index contributed by atoms with van der Waals surface area (Å²) in [6, 6.07) is 4.89. The van der Waals surface area contributed by atoms with Gasteiger partial charge >= 0.3 is 0 Å². The van der Waals surface area contributed by atoms with Gasteiger partial charge in [-0.25, -0.2) is 0 Å². The normalized spacial score (nSPS) is 10.1. The van der Waals surface area contributed by atoms with Gasteiger partial charge in [-0.3, -0.25) is 9.89 Å². The molecule has 0 aliphatic rings. The smallest absolute Gasteiger partial charge is 0.248 e. The second-order valence-electron chi connectivity index (χ2n) is 3.63. The molecule has 6 N–H and O–H groups in total. The van der Waals surface area contributed by atoms with Crippen LogP contribution in [0.5, 0.6) is 0 Å². The number of H-pyrrole nitrogens is 1. The summed E-state index contributed by atoms with van der Waals surface area (Å²) in [6.45, 7) is 0.572. The number of carbonyl (C=O) groups is 1. The lowest BCUT2D eigenvalue weighted by Gasteiger charge is -2.09. The molecule has 0 radical (unpaired) electrons. The molecule has 6 nitrogen and oxygen atoms in total. The average molecular weight is 231 g/mol. The zero-order chi connectivity index (χ0) is 12.3. The molecule has 0 saturated heterocycles. The molecule has 0 saturated carbocycles. The van der Waals surface area contributed by atoms with E-state index in [-0.39, 0.29) is 0 Å². The number of nitrogen functional groups attached to an aromatic ring is 1. The van der Waals surface area contributed by atoms with Crippen LogP contribution in [0.4, 0.5) is 11.4 Å². The Morgan fingerprint density at radius 1 is 1.47 bits per heavy atom. The van der Waals surface area contributed by atoms with Crippen LogP contribution in [0.25, 0.3) is 0 Å². The highest BCUT2D eigenvalue weighted by atomic mass is 16.1. The Balaban J connectivity index is 2.14. The predicted octanol–water partition coefficient (Wildman–Crippen LogP) is 0.703. The van der Waals surface area contributed by atoms with Crippen molar-refractivity contribution in [2.75, 3.05) is 11.1 Å². The van der Waals surface area contributed by atoms with Gasteiger partial charge in [0, 0.05) is 23.9 Å². The first-order valence-corrected chi connectivity index (χ1v) is 5.07. The van der Waals surface area contributed by atoms with Crippen molar-refractivity contribution in [3.05, 3.63) is 41.7 Å². The highest BCUT2D eigenvalue weighted by molar-refractivity contribution is 5.94. The van der Waals surface area contributed by atoms with E-state index in [4.69, 9.17) is 11.5 Å². The first kappa shape index (κ1) is 11.0. The standard InChI is InChI=1S/C11H13N5O/c12-9-2-1-8(11(13)17)3-10(9)14-4-7-5-15-16-6-7/h1-3,5-6,14H,4,12H2,(H2,13,17)(H,15,16). The monoisotopic (exact) mass is 231 g/mol. The maximum Gasteiger partial charge on any atom is 0.248 e. The highest BCUT2D eigenvalue weighted by Gasteiger charge is 2.05. The Kier molecular flexibility index (Phi) is 2.95. The fourth-order valence-electron chi connectivity index (χ4n) is 1.43. The van der Waals surface area contributed by atoms with Crippen LogP contribution in [0.2, 0.25) is 0 Å². The van der Waals surface area contributed by atoms with Crippen LogP contribution in [0.15, 0.2) is 30.6 Å². The third-order valence-corrected chi connectivity index (χ3v) is 2.38. The minimum atomic E-state index is -0.476. The molecule has 0 fully saturated rings. The van der Waals surface area contributed by atoms with E-state index in [0.717, 1.165) is 5.56 Å². The number of anilines is 2. The van der Waals surface area contributed by atoms with Crippen molar-refractivity contribution in [2.45, 2.75) is 6.54 Å². The van der Waals surface area contributed by atoms with Gasteiger partial charge in [-0.15, -0.1) is 0 Å². The van der Waals surface area contributed by atoms with E-state index in [2.05, 4.69) is 15.5 Å². The Labute approximate surface area is 98.0 Å². The SMILES string of the molecule is NC(=O)c1ccc(N)c(NCc2cn[nH]c2)c1. The van der Waals surface area contributed by atoms with Crippen molar-refractivity contribution in [1.29, 1.82) is 0 Å². The maximum atomic E-state index is 11.0. The molecule has 0 aliphatic carbocycles. The van der Waals surface area contributed by atoms with Gasteiger partial charge in [0.25, 0.3) is 0 Å². The summed E-state index contributed by atoms with van der Waals surface area (Å²) >= 11 is 0. The summed E-state index contributed by atoms with van der Waals surface area (Å²) in [5.74, 6) is -0.476. The minimum absolute atomic E-state index is 0.425. The fraction of sp³-hybridized carbons (Fsp3) is 0.0909. The largest absolute Gasteiger partial charge is 0.397 e. The molecule has 1 amide bonds. The molecule has 0 aliphatic heterocycles. The van der Waals surface area contributed by atoms with Crippen LogP contribution in [-0.4, -0.2) is 16.1 Å². The lowest BCUT2D eigenvalue weighted by atomic mass is 10.1. The fourth-order valence-corrected chi connectivity index (χ4v) is 1.43. The molecule has 2 aromatic rings. The molecule has 2 rings (SSSR count). The van der Waals surface area contributed by atoms with Crippen molar-refractivity contribution in [1.82, 2.24) is 10.2 Å². The Morgan fingerprint density at radius 2 is 2.29 bits per heavy atom. The van der Waals surface area contributed by atoms with E-state index in [0.29, 0.717) is 23.5 Å². The number of nitrogens with zero attached hydrogens (tertiary/aromatic N) is 1. The van der Waals surface area contributed by atoms with Gasteiger partial charge in [0.05, 0.1) is 17.6 Å². The summed E-state index contributed by atoms with van der Waals surface area (Å²) in [5, 5.41) is 9.66. The van der Waals surface area contributed by atoms with E-state index in [9.17, 15) is 4.79 Å². The van der Waals surface area contributed by atoms with Gasteiger partial charge in [0.15, 0.2) is 0 Å². The molecule has 0 atom stereocenters. The minimum Gasteiger partial charge on any atom is -0.397 e. The first-order chi connectivity index (χ1) is 8.16. The molecule has 1 heterocycles. The molecule has 0 bridgehead atoms. The number of aromatic nitrogens is 2. The number of carbonyl (C=O) groups excluding carboxylic acids is 1. The predicted molar refractivity (Wildman–Crippen MR) is 65.3 cm³/mol. The summed E-state index contributed by atoms with van der Waals surface area (Å²) in [7, 11) is 0. The summed E-state index contributed by atoms with van der Waals surface area (Å²) < 4.78 is 0. The van der Waals surface area contributed by atoms with Gasteiger partial charge in [-0.1, -0.05) is 0 Å². The Hall–Kier alpha value is -2.50. The summed E-state index contributed by atoms with van der Waals surface area (Å²) in [6.07, 6.45) is 3.49. The van der Waals surface area contributed by atoms with Crippen LogP contribution in [0.3, 0.4) is 0 Å². The number of aromatic amines is 1. The lowest BCUT2D eigenvalue weighted by molar-refractivity contribution is 0.100. The number of primary amides is 1. The summed E-state index contributed by atoms with van der Waals surface area (Å²) in [5.41, 5.74) is 13.7. The number of amides is 1. The summed E-state index contributed by atoms with van der Waals surface area (Å²) in [4.78, 5) is 11.0. The molecule has 6 heteroatoms. The second-order valence-corrected chi connectivity index (χ2v) is 3.63. The first-order valence-electron chi connectivity index (χ1n) is 5.07. The van der Waals surface area contributed by atoms with Gasteiger partial charge in [0.2, 0.25) is 5.91 Å². The van der Waals surface area contributed by atoms with Crippen molar-refractivity contribution in [2.24, 2.45) is 5.73 Å². The van der Waals surface area contributed by atoms with E-state index < -0.39 is 5.91 Å². The molecule has 17 heavy (non-hydrogen) atoms. The molecule has 1 aromatic carbocycles. The number of hydrogen-bond donors (Lipinski definition) is 4. The third kappa shape index (κ3) is 2.54. The lowest BCUT2D eigenvalue weighted by Crippen LogP contribution is -2.12. The molecule has 0 spiro atoms. The molecule has 1 aromatic heterocycles. The quantitative estimate of drug-likeness (QED) is 0.580. The maximum absolute atomic E-state index is 11.0. The van der Waals surface area contributed by atoms with Crippen LogP contribution < -0.4 is 16.8 Å². The van der Waals surface area contributed by atoms with E-state index >= 15 is 0 Å². The van der Waals surface area contributed by atoms with E-state index in [1.165, 1.54) is 0 Å². The average Bonchev–Trinajstić information content (AvgIpc) is 2.80. The zero-order valence-electron chi connectivity index (χ0n) is 9.10. The molecular formula is C11H13N5O. The number of nitrogens with one attached hydrogen (secondary N) is 2. The topological polar surface area (TPSA) is 110 Å². The zero-order valence-corrected chi connectivity index (χ0v) is 9.10. The van der Waals surface area contributed by atoms with Gasteiger partial charge in [-0.2, -0.15) is 5.10 Å². The van der Waals surface area contributed by atoms with Crippen molar-refractivity contribution in [3.8, 4) is 0 Å². The van der Waals surface area contributed by atoms with Crippen LogP contribution in [0, 0.1) is 0 Å². The Morgan fingerprint density at radius 3 is 2.94 bits per heavy atom. The molecular weight excluding hydrogens is 218 g/mol. The van der Waals surface area contributed by atoms with Crippen molar-refractivity contribution in [3.63, 3.8) is 0 Å². The van der Waals surface area contributed by atoms with E-state index in [1.54, 1.807) is 30.6 Å². The number of benzene rings is 1. The van der Waals surface area contributed by atoms with Gasteiger partial charge in [0.1, 0.15) is 0 Å². The molecule has 0 unspecified atom stereocenters. The van der Waals surface area contributed by atoms with Crippen molar-refractivity contribution >= 4 is 17.3 Å². The van der Waals surface area contributed by atoms with E-state index in [1.807, 2.05) is 0 Å². The Bertz CT molecular complexity index is 521. The molecule has 88 valence electrons.